The SMILES string of the molecule is C=CCSc1nc2sc3c(c2c(=O)n1N)C(C)CCC3. The van der Waals surface area contributed by atoms with Gasteiger partial charge in [-0.3, -0.25) is 4.79 Å². The molecule has 1 aliphatic carbocycles. The minimum atomic E-state index is -0.118. The summed E-state index contributed by atoms with van der Waals surface area (Å²) in [4.78, 5) is 19.3. The summed E-state index contributed by atoms with van der Waals surface area (Å²) in [6.07, 6.45) is 5.16. The molecule has 1 aliphatic rings. The fourth-order valence-electron chi connectivity index (χ4n) is 2.77. The molecule has 3 rings (SSSR count). The maximum Gasteiger partial charge on any atom is 0.281 e. The van der Waals surface area contributed by atoms with Gasteiger partial charge in [0, 0.05) is 10.6 Å². The van der Waals surface area contributed by atoms with Gasteiger partial charge < -0.3 is 5.84 Å². The molecular weight excluding hydrogens is 290 g/mol. The van der Waals surface area contributed by atoms with Gasteiger partial charge in [-0.05, 0) is 30.7 Å². The third-order valence-corrected chi connectivity index (χ3v) is 5.81. The Bertz CT molecular complexity index is 732. The summed E-state index contributed by atoms with van der Waals surface area (Å²) in [5, 5.41) is 1.30. The molecule has 0 amide bonds. The smallest absolute Gasteiger partial charge is 0.281 e. The standard InChI is InChI=1S/C14H17N3OS2/c1-3-7-19-14-16-12-11(13(18)17(14)15)10-8(2)5-4-6-9(10)20-12/h3,8H,1,4-7,15H2,2H3. The minimum Gasteiger partial charge on any atom is -0.334 e. The Kier molecular flexibility index (Phi) is 3.60. The molecule has 0 radical (unpaired) electrons. The predicted molar refractivity (Wildman–Crippen MR) is 86.3 cm³/mol. The molecule has 4 nitrogen and oxygen atoms in total. The van der Waals surface area contributed by atoms with Crippen molar-refractivity contribution in [1.82, 2.24) is 9.66 Å². The first-order valence-electron chi connectivity index (χ1n) is 6.70. The summed E-state index contributed by atoms with van der Waals surface area (Å²) in [7, 11) is 0. The third kappa shape index (κ3) is 2.07. The van der Waals surface area contributed by atoms with Crippen LogP contribution in [0.3, 0.4) is 0 Å². The van der Waals surface area contributed by atoms with Crippen molar-refractivity contribution in [2.24, 2.45) is 0 Å². The van der Waals surface area contributed by atoms with Crippen LogP contribution in [-0.2, 0) is 6.42 Å². The van der Waals surface area contributed by atoms with E-state index in [4.69, 9.17) is 5.84 Å². The monoisotopic (exact) mass is 307 g/mol. The van der Waals surface area contributed by atoms with Gasteiger partial charge in [0.25, 0.3) is 5.56 Å². The largest absolute Gasteiger partial charge is 0.334 e. The fraction of sp³-hybridized carbons (Fsp3) is 0.429. The Labute approximate surface area is 125 Å². The van der Waals surface area contributed by atoms with Crippen LogP contribution in [-0.4, -0.2) is 15.4 Å². The number of nitrogens with two attached hydrogens (primary N) is 1. The summed E-state index contributed by atoms with van der Waals surface area (Å²) >= 11 is 3.09. The zero-order valence-electron chi connectivity index (χ0n) is 11.4. The number of thioether (sulfide) groups is 1. The van der Waals surface area contributed by atoms with Gasteiger partial charge in [-0.2, -0.15) is 0 Å². The molecule has 2 heterocycles. The second-order valence-corrected chi connectivity index (χ2v) is 7.15. The number of rotatable bonds is 3. The summed E-state index contributed by atoms with van der Waals surface area (Å²) in [6.45, 7) is 5.86. The minimum absolute atomic E-state index is 0.118. The molecular formula is C14H17N3OS2. The van der Waals surface area contributed by atoms with Crippen molar-refractivity contribution in [3.63, 3.8) is 0 Å². The first-order valence-corrected chi connectivity index (χ1v) is 8.50. The average Bonchev–Trinajstić information content (AvgIpc) is 2.81. The van der Waals surface area contributed by atoms with E-state index < -0.39 is 0 Å². The van der Waals surface area contributed by atoms with Gasteiger partial charge in [-0.15, -0.1) is 17.9 Å². The van der Waals surface area contributed by atoms with Crippen molar-refractivity contribution in [2.45, 2.75) is 37.3 Å². The van der Waals surface area contributed by atoms with Gasteiger partial charge in [0.2, 0.25) is 0 Å². The van der Waals surface area contributed by atoms with Gasteiger partial charge in [0.05, 0.1) is 5.39 Å². The van der Waals surface area contributed by atoms with Crippen LogP contribution >= 0.6 is 23.1 Å². The summed E-state index contributed by atoms with van der Waals surface area (Å²) in [5.41, 5.74) is 1.07. The highest BCUT2D eigenvalue weighted by molar-refractivity contribution is 7.99. The van der Waals surface area contributed by atoms with Crippen molar-refractivity contribution in [2.75, 3.05) is 11.6 Å². The van der Waals surface area contributed by atoms with Crippen molar-refractivity contribution in [1.29, 1.82) is 0 Å². The molecule has 0 spiro atoms. The Morgan fingerprint density at radius 3 is 3.20 bits per heavy atom. The van der Waals surface area contributed by atoms with Crippen LogP contribution < -0.4 is 11.4 Å². The normalized spacial score (nSPS) is 18.1. The van der Waals surface area contributed by atoms with Crippen molar-refractivity contribution in [3.05, 3.63) is 33.4 Å². The van der Waals surface area contributed by atoms with E-state index in [2.05, 4.69) is 18.5 Å². The van der Waals surface area contributed by atoms with E-state index in [9.17, 15) is 4.79 Å². The molecule has 20 heavy (non-hydrogen) atoms. The highest BCUT2D eigenvalue weighted by Gasteiger charge is 2.25. The van der Waals surface area contributed by atoms with E-state index in [0.29, 0.717) is 16.8 Å². The van der Waals surface area contributed by atoms with Crippen molar-refractivity contribution < 1.29 is 0 Å². The number of fused-ring (bicyclic) bond motifs is 3. The molecule has 106 valence electrons. The summed E-state index contributed by atoms with van der Waals surface area (Å²) in [6, 6.07) is 0. The molecule has 0 saturated carbocycles. The maximum atomic E-state index is 12.6. The van der Waals surface area contributed by atoms with Gasteiger partial charge in [-0.25, -0.2) is 9.66 Å². The van der Waals surface area contributed by atoms with Crippen molar-refractivity contribution >= 4 is 33.3 Å². The van der Waals surface area contributed by atoms with Gasteiger partial charge in [0.1, 0.15) is 4.83 Å². The van der Waals surface area contributed by atoms with E-state index in [0.717, 1.165) is 23.1 Å². The number of hydrogen-bond donors (Lipinski definition) is 1. The predicted octanol–water partition coefficient (Wildman–Crippen LogP) is 2.89. The molecule has 6 heteroatoms. The quantitative estimate of drug-likeness (QED) is 0.410. The number of nitrogens with zero attached hydrogens (tertiary/aromatic N) is 2. The highest BCUT2D eigenvalue weighted by Crippen LogP contribution is 2.40. The zero-order valence-corrected chi connectivity index (χ0v) is 13.0. The van der Waals surface area contributed by atoms with Crippen LogP contribution in [0.5, 0.6) is 0 Å². The van der Waals surface area contributed by atoms with E-state index in [1.165, 1.54) is 33.3 Å². The maximum absolute atomic E-state index is 12.6. The lowest BCUT2D eigenvalue weighted by molar-refractivity contribution is 0.601. The Balaban J connectivity index is 2.24. The van der Waals surface area contributed by atoms with E-state index in [1.54, 1.807) is 17.4 Å². The lowest BCUT2D eigenvalue weighted by Gasteiger charge is -2.18. The number of thiophene rings is 1. The number of aryl methyl sites for hydroxylation is 1. The van der Waals surface area contributed by atoms with Gasteiger partial charge in [-0.1, -0.05) is 24.8 Å². The zero-order chi connectivity index (χ0) is 14.3. The number of hydrogen-bond acceptors (Lipinski definition) is 5. The summed E-state index contributed by atoms with van der Waals surface area (Å²) in [5.74, 6) is 7.03. The van der Waals surface area contributed by atoms with Crippen LogP contribution in [0.4, 0.5) is 0 Å². The van der Waals surface area contributed by atoms with E-state index in [-0.39, 0.29) is 5.56 Å². The Morgan fingerprint density at radius 2 is 2.45 bits per heavy atom. The molecule has 0 bridgehead atoms. The Morgan fingerprint density at radius 1 is 1.65 bits per heavy atom. The van der Waals surface area contributed by atoms with Crippen LogP contribution in [0.2, 0.25) is 0 Å². The molecule has 0 aliphatic heterocycles. The number of aromatic nitrogens is 2. The molecule has 1 atom stereocenters. The van der Waals surface area contributed by atoms with Crippen LogP contribution in [0.25, 0.3) is 10.2 Å². The first-order chi connectivity index (χ1) is 9.63. The highest BCUT2D eigenvalue weighted by atomic mass is 32.2. The third-order valence-electron chi connectivity index (χ3n) is 3.70. The second-order valence-electron chi connectivity index (χ2n) is 5.08. The topological polar surface area (TPSA) is 60.9 Å². The molecule has 2 N–H and O–H groups in total. The number of nitrogen functional groups attached to an aromatic ring is 1. The molecule has 0 fully saturated rings. The molecule has 2 aromatic rings. The average molecular weight is 307 g/mol. The van der Waals surface area contributed by atoms with E-state index in [1.807, 2.05) is 0 Å². The van der Waals surface area contributed by atoms with Crippen molar-refractivity contribution in [3.8, 4) is 0 Å². The lowest BCUT2D eigenvalue weighted by Crippen LogP contribution is -2.30. The van der Waals surface area contributed by atoms with Crippen LogP contribution in [0.15, 0.2) is 22.6 Å². The Hall–Kier alpha value is -1.27. The fourth-order valence-corrected chi connectivity index (χ4v) is 4.79. The van der Waals surface area contributed by atoms with Crippen LogP contribution in [0, 0.1) is 0 Å². The second kappa shape index (κ2) is 5.26. The molecule has 0 aromatic carbocycles. The van der Waals surface area contributed by atoms with Gasteiger partial charge in [0.15, 0.2) is 5.16 Å². The molecule has 2 aromatic heterocycles. The first kappa shape index (κ1) is 13.7. The van der Waals surface area contributed by atoms with Crippen LogP contribution in [0.1, 0.15) is 36.1 Å². The van der Waals surface area contributed by atoms with E-state index >= 15 is 0 Å². The lowest BCUT2D eigenvalue weighted by atomic mass is 9.88. The summed E-state index contributed by atoms with van der Waals surface area (Å²) < 4.78 is 1.19. The molecule has 0 saturated heterocycles. The van der Waals surface area contributed by atoms with Gasteiger partial charge >= 0.3 is 0 Å². The molecule has 1 unspecified atom stereocenters.